The lowest BCUT2D eigenvalue weighted by molar-refractivity contribution is 0.183. The molecule has 0 aromatic rings. The Labute approximate surface area is 54.9 Å². The summed E-state index contributed by atoms with van der Waals surface area (Å²) in [6, 6.07) is 0. The molecule has 1 aliphatic carbocycles. The summed E-state index contributed by atoms with van der Waals surface area (Å²) in [6.07, 6.45) is 0. The molecule has 9 heavy (non-hydrogen) atoms. The highest BCUT2D eigenvalue weighted by Gasteiger charge is 2.50. The maximum absolute atomic E-state index is 5.20. The van der Waals surface area contributed by atoms with E-state index in [1.165, 1.54) is 5.71 Å². The van der Waals surface area contributed by atoms with Crippen LogP contribution in [0.1, 0.15) is 6.92 Å². The Kier molecular flexibility index (Phi) is 1.09. The van der Waals surface area contributed by atoms with Crippen molar-refractivity contribution in [2.75, 3.05) is 19.8 Å². The third-order valence-electron chi connectivity index (χ3n) is 2.07. The second-order valence-corrected chi connectivity index (χ2v) is 2.65. The summed E-state index contributed by atoms with van der Waals surface area (Å²) in [7, 11) is 0. The Balaban J connectivity index is 2.01. The molecule has 0 amide bonds. The second-order valence-electron chi connectivity index (χ2n) is 2.65. The standard InChI is InChI=1S/C7H11NO/c1-2-8-7-5-3-9-4-6(5)7/h5-6H,2-4H2,1H3. The van der Waals surface area contributed by atoms with E-state index in [1.807, 2.05) is 0 Å². The Bertz CT molecular complexity index is 141. The second kappa shape index (κ2) is 1.81. The van der Waals surface area contributed by atoms with Gasteiger partial charge in [-0.15, -0.1) is 0 Å². The van der Waals surface area contributed by atoms with Crippen molar-refractivity contribution in [1.82, 2.24) is 0 Å². The zero-order chi connectivity index (χ0) is 6.27. The van der Waals surface area contributed by atoms with E-state index in [-0.39, 0.29) is 0 Å². The van der Waals surface area contributed by atoms with Crippen molar-refractivity contribution < 1.29 is 4.74 Å². The van der Waals surface area contributed by atoms with Gasteiger partial charge in [0.25, 0.3) is 0 Å². The summed E-state index contributed by atoms with van der Waals surface area (Å²) in [6.45, 7) is 4.90. The molecule has 1 saturated heterocycles. The first-order chi connectivity index (χ1) is 4.43. The number of hydrogen-bond donors (Lipinski definition) is 0. The Morgan fingerprint density at radius 1 is 1.56 bits per heavy atom. The highest BCUT2D eigenvalue weighted by Crippen LogP contribution is 2.40. The highest BCUT2D eigenvalue weighted by molar-refractivity contribution is 6.04. The zero-order valence-corrected chi connectivity index (χ0v) is 5.63. The van der Waals surface area contributed by atoms with E-state index in [4.69, 9.17) is 4.74 Å². The van der Waals surface area contributed by atoms with Crippen molar-refractivity contribution >= 4 is 5.71 Å². The summed E-state index contributed by atoms with van der Waals surface area (Å²) in [5.41, 5.74) is 1.42. The maximum Gasteiger partial charge on any atom is 0.0554 e. The fraction of sp³-hybridized carbons (Fsp3) is 0.857. The molecule has 2 aliphatic rings. The molecular weight excluding hydrogens is 114 g/mol. The predicted octanol–water partition coefficient (Wildman–Crippen LogP) is 0.724. The summed E-state index contributed by atoms with van der Waals surface area (Å²) in [4.78, 5) is 4.36. The predicted molar refractivity (Wildman–Crippen MR) is 35.8 cm³/mol. The SMILES string of the molecule is CCN=C1C2COCC12. The lowest BCUT2D eigenvalue weighted by Crippen LogP contribution is -1.96. The minimum Gasteiger partial charge on any atom is -0.380 e. The van der Waals surface area contributed by atoms with Crippen LogP contribution >= 0.6 is 0 Å². The fourth-order valence-electron chi connectivity index (χ4n) is 1.50. The van der Waals surface area contributed by atoms with Gasteiger partial charge in [0.05, 0.1) is 13.2 Å². The first-order valence-electron chi connectivity index (χ1n) is 3.55. The van der Waals surface area contributed by atoms with Crippen molar-refractivity contribution in [3.63, 3.8) is 0 Å². The molecule has 0 aromatic heterocycles. The van der Waals surface area contributed by atoms with Crippen LogP contribution in [-0.2, 0) is 4.74 Å². The fourth-order valence-corrected chi connectivity index (χ4v) is 1.50. The summed E-state index contributed by atoms with van der Waals surface area (Å²) >= 11 is 0. The summed E-state index contributed by atoms with van der Waals surface area (Å²) in [5.74, 6) is 1.45. The molecule has 0 bridgehead atoms. The molecule has 0 spiro atoms. The summed E-state index contributed by atoms with van der Waals surface area (Å²) in [5, 5.41) is 0. The molecule has 2 nitrogen and oxygen atoms in total. The maximum atomic E-state index is 5.20. The van der Waals surface area contributed by atoms with Crippen LogP contribution in [0.2, 0.25) is 0 Å². The van der Waals surface area contributed by atoms with E-state index >= 15 is 0 Å². The molecule has 50 valence electrons. The molecular formula is C7H11NO. The van der Waals surface area contributed by atoms with Gasteiger partial charge in [0.15, 0.2) is 0 Å². The van der Waals surface area contributed by atoms with Crippen LogP contribution in [0, 0.1) is 11.8 Å². The van der Waals surface area contributed by atoms with Crippen LogP contribution in [0.5, 0.6) is 0 Å². The van der Waals surface area contributed by atoms with Gasteiger partial charge in [-0.05, 0) is 6.92 Å². The minimum absolute atomic E-state index is 0.727. The first-order valence-corrected chi connectivity index (χ1v) is 3.55. The van der Waals surface area contributed by atoms with Crippen LogP contribution in [0.4, 0.5) is 0 Å². The van der Waals surface area contributed by atoms with E-state index in [9.17, 15) is 0 Å². The number of nitrogens with zero attached hydrogens (tertiary/aromatic N) is 1. The normalized spacial score (nSPS) is 38.6. The van der Waals surface area contributed by atoms with E-state index in [1.54, 1.807) is 0 Å². The van der Waals surface area contributed by atoms with Crippen LogP contribution in [-0.4, -0.2) is 25.5 Å². The summed E-state index contributed by atoms with van der Waals surface area (Å²) < 4.78 is 5.20. The monoisotopic (exact) mass is 125 g/mol. The van der Waals surface area contributed by atoms with Gasteiger partial charge in [0.2, 0.25) is 0 Å². The topological polar surface area (TPSA) is 21.6 Å². The van der Waals surface area contributed by atoms with Crippen LogP contribution in [0.3, 0.4) is 0 Å². The molecule has 2 unspecified atom stereocenters. The number of ether oxygens (including phenoxy) is 1. The van der Waals surface area contributed by atoms with E-state index in [0.29, 0.717) is 0 Å². The van der Waals surface area contributed by atoms with E-state index < -0.39 is 0 Å². The van der Waals surface area contributed by atoms with Crippen molar-refractivity contribution in [3.05, 3.63) is 0 Å². The third-order valence-corrected chi connectivity index (χ3v) is 2.07. The van der Waals surface area contributed by atoms with Crippen molar-refractivity contribution in [3.8, 4) is 0 Å². The largest absolute Gasteiger partial charge is 0.380 e. The van der Waals surface area contributed by atoms with Gasteiger partial charge in [-0.25, -0.2) is 0 Å². The quantitative estimate of drug-likeness (QED) is 0.506. The van der Waals surface area contributed by atoms with Crippen LogP contribution in [0.25, 0.3) is 0 Å². The molecule has 2 fully saturated rings. The number of aliphatic imine (C=N–C) groups is 1. The molecule has 2 heteroatoms. The van der Waals surface area contributed by atoms with Crippen molar-refractivity contribution in [2.24, 2.45) is 16.8 Å². The molecule has 1 saturated carbocycles. The molecule has 0 radical (unpaired) electrons. The zero-order valence-electron chi connectivity index (χ0n) is 5.63. The van der Waals surface area contributed by atoms with Crippen LogP contribution in [0.15, 0.2) is 4.99 Å². The average Bonchev–Trinajstić information content (AvgIpc) is 2.39. The lowest BCUT2D eigenvalue weighted by Gasteiger charge is -1.91. The average molecular weight is 125 g/mol. The molecule has 1 aliphatic heterocycles. The van der Waals surface area contributed by atoms with Gasteiger partial charge >= 0.3 is 0 Å². The molecule has 2 atom stereocenters. The van der Waals surface area contributed by atoms with Gasteiger partial charge in [0.1, 0.15) is 0 Å². The van der Waals surface area contributed by atoms with Gasteiger partial charge in [-0.3, -0.25) is 4.99 Å². The number of fused-ring (bicyclic) bond motifs is 1. The Morgan fingerprint density at radius 3 is 2.78 bits per heavy atom. The van der Waals surface area contributed by atoms with E-state index in [0.717, 1.165) is 31.6 Å². The smallest absolute Gasteiger partial charge is 0.0554 e. The third kappa shape index (κ3) is 0.697. The van der Waals surface area contributed by atoms with E-state index in [2.05, 4.69) is 11.9 Å². The van der Waals surface area contributed by atoms with Crippen molar-refractivity contribution in [2.45, 2.75) is 6.92 Å². The molecule has 1 heterocycles. The number of rotatable bonds is 1. The van der Waals surface area contributed by atoms with Gasteiger partial charge in [-0.2, -0.15) is 0 Å². The highest BCUT2D eigenvalue weighted by atomic mass is 16.5. The van der Waals surface area contributed by atoms with Crippen LogP contribution < -0.4 is 0 Å². The molecule has 2 rings (SSSR count). The van der Waals surface area contributed by atoms with Gasteiger partial charge < -0.3 is 4.74 Å². The first kappa shape index (κ1) is 5.42. The lowest BCUT2D eigenvalue weighted by atomic mass is 10.4. The molecule has 0 N–H and O–H groups in total. The Morgan fingerprint density at radius 2 is 2.22 bits per heavy atom. The van der Waals surface area contributed by atoms with Gasteiger partial charge in [0, 0.05) is 24.1 Å². The van der Waals surface area contributed by atoms with Gasteiger partial charge in [-0.1, -0.05) is 0 Å². The molecule has 0 aromatic carbocycles. The Hall–Kier alpha value is -0.370. The number of hydrogen-bond acceptors (Lipinski definition) is 2. The van der Waals surface area contributed by atoms with Crippen molar-refractivity contribution in [1.29, 1.82) is 0 Å². The minimum atomic E-state index is 0.727.